The second kappa shape index (κ2) is 6.14. The summed E-state index contributed by atoms with van der Waals surface area (Å²) in [6.45, 7) is 1.74. The lowest BCUT2D eigenvalue weighted by Gasteiger charge is -2.14. The summed E-state index contributed by atoms with van der Waals surface area (Å²) < 4.78 is 13.6. The van der Waals surface area contributed by atoms with Crippen molar-refractivity contribution in [3.05, 3.63) is 59.7 Å². The van der Waals surface area contributed by atoms with Crippen molar-refractivity contribution in [1.29, 1.82) is 0 Å². The van der Waals surface area contributed by atoms with E-state index in [1.165, 1.54) is 12.3 Å². The van der Waals surface area contributed by atoms with Crippen LogP contribution in [0.25, 0.3) is 0 Å². The topological polar surface area (TPSA) is 68.0 Å². The first-order chi connectivity index (χ1) is 9.56. The molecule has 0 aliphatic heterocycles. The van der Waals surface area contributed by atoms with E-state index in [4.69, 9.17) is 5.73 Å². The Hall–Kier alpha value is -2.43. The first-order valence-electron chi connectivity index (χ1n) is 6.30. The molecule has 0 radical (unpaired) electrons. The van der Waals surface area contributed by atoms with Crippen LogP contribution in [-0.4, -0.2) is 10.9 Å². The van der Waals surface area contributed by atoms with Crippen LogP contribution in [0.1, 0.15) is 24.2 Å². The lowest BCUT2D eigenvalue weighted by molar-refractivity contribution is -0.121. The molecule has 5 heteroatoms. The van der Waals surface area contributed by atoms with Gasteiger partial charge in [-0.05, 0) is 25.1 Å². The average molecular weight is 273 g/mol. The lowest BCUT2D eigenvalue weighted by atomic mass is 10.1. The fourth-order valence-electron chi connectivity index (χ4n) is 1.90. The minimum atomic E-state index is -0.391. The number of benzene rings is 1. The molecule has 2 rings (SSSR count). The van der Waals surface area contributed by atoms with Crippen molar-refractivity contribution >= 4 is 11.6 Å². The van der Waals surface area contributed by atoms with Crippen LogP contribution in [0.15, 0.2) is 42.6 Å². The van der Waals surface area contributed by atoms with Crippen LogP contribution in [-0.2, 0) is 11.2 Å². The number of carbonyl (C=O) groups excluding carboxylic acids is 1. The molecular weight excluding hydrogens is 257 g/mol. The molecule has 0 saturated carbocycles. The molecule has 1 aromatic carbocycles. The van der Waals surface area contributed by atoms with E-state index < -0.39 is 6.04 Å². The van der Waals surface area contributed by atoms with Gasteiger partial charge in [-0.15, -0.1) is 0 Å². The lowest BCUT2D eigenvalue weighted by Crippen LogP contribution is -2.28. The van der Waals surface area contributed by atoms with E-state index in [2.05, 4.69) is 10.3 Å². The number of pyridine rings is 1. The van der Waals surface area contributed by atoms with Crippen LogP contribution < -0.4 is 11.1 Å². The monoisotopic (exact) mass is 273 g/mol. The molecule has 1 atom stereocenters. The number of halogens is 1. The van der Waals surface area contributed by atoms with Crippen molar-refractivity contribution in [2.45, 2.75) is 19.4 Å². The van der Waals surface area contributed by atoms with Crippen LogP contribution in [0.4, 0.5) is 10.1 Å². The van der Waals surface area contributed by atoms with Crippen LogP contribution in [0.2, 0.25) is 0 Å². The maximum atomic E-state index is 13.6. The third kappa shape index (κ3) is 3.54. The highest BCUT2D eigenvalue weighted by Gasteiger charge is 2.13. The molecule has 0 unspecified atom stereocenters. The number of nitrogens with zero attached hydrogens (tertiary/aromatic N) is 1. The third-order valence-electron chi connectivity index (χ3n) is 2.94. The van der Waals surface area contributed by atoms with Gasteiger partial charge in [0.15, 0.2) is 0 Å². The van der Waals surface area contributed by atoms with Gasteiger partial charge >= 0.3 is 0 Å². The van der Waals surface area contributed by atoms with Gasteiger partial charge in [-0.1, -0.05) is 18.2 Å². The molecule has 1 amide bonds. The summed E-state index contributed by atoms with van der Waals surface area (Å²) in [5.41, 5.74) is 7.16. The Kier molecular flexibility index (Phi) is 4.30. The number of rotatable bonds is 4. The number of nitrogens with one attached hydrogen (secondary N) is 1. The molecule has 2 aromatic rings. The number of aromatic nitrogens is 1. The van der Waals surface area contributed by atoms with Crippen LogP contribution in [0, 0.1) is 5.82 Å². The molecule has 3 N–H and O–H groups in total. The van der Waals surface area contributed by atoms with Gasteiger partial charge in [-0.2, -0.15) is 0 Å². The highest BCUT2D eigenvalue weighted by Crippen LogP contribution is 2.16. The van der Waals surface area contributed by atoms with Gasteiger partial charge in [0.05, 0.1) is 24.3 Å². The van der Waals surface area contributed by atoms with Crippen molar-refractivity contribution in [2.75, 3.05) is 5.73 Å². The molecule has 1 aromatic heterocycles. The second-order valence-electron chi connectivity index (χ2n) is 4.57. The second-order valence-corrected chi connectivity index (χ2v) is 4.57. The molecule has 0 spiro atoms. The van der Waals surface area contributed by atoms with Crippen LogP contribution >= 0.6 is 0 Å². The molecule has 0 bridgehead atoms. The summed E-state index contributed by atoms with van der Waals surface area (Å²) >= 11 is 0. The Bertz CT molecular complexity index is 598. The van der Waals surface area contributed by atoms with E-state index in [9.17, 15) is 9.18 Å². The van der Waals surface area contributed by atoms with E-state index in [-0.39, 0.29) is 18.1 Å². The number of carbonyl (C=O) groups is 1. The fraction of sp³-hybridized carbons (Fsp3) is 0.200. The number of amides is 1. The molecule has 0 fully saturated rings. The van der Waals surface area contributed by atoms with E-state index >= 15 is 0 Å². The predicted molar refractivity (Wildman–Crippen MR) is 75.3 cm³/mol. The third-order valence-corrected chi connectivity index (χ3v) is 2.94. The van der Waals surface area contributed by atoms with Crippen molar-refractivity contribution < 1.29 is 9.18 Å². The number of nitrogens with two attached hydrogens (primary N) is 1. The largest absolute Gasteiger partial charge is 0.397 e. The molecular formula is C15H16FN3O. The van der Waals surface area contributed by atoms with E-state index in [0.29, 0.717) is 16.9 Å². The predicted octanol–water partition coefficient (Wildman–Crippen LogP) is 2.22. The van der Waals surface area contributed by atoms with E-state index in [0.717, 1.165) is 0 Å². The Morgan fingerprint density at radius 1 is 1.35 bits per heavy atom. The Labute approximate surface area is 116 Å². The molecule has 0 aliphatic rings. The Balaban J connectivity index is 1.98. The van der Waals surface area contributed by atoms with Crippen molar-refractivity contribution in [3.63, 3.8) is 0 Å². The first-order valence-corrected chi connectivity index (χ1v) is 6.30. The molecule has 1 heterocycles. The Morgan fingerprint density at radius 2 is 2.10 bits per heavy atom. The SMILES string of the molecule is C[C@@H](NC(=O)Cc1ccc(N)cn1)c1ccccc1F. The quantitative estimate of drug-likeness (QED) is 0.897. The minimum Gasteiger partial charge on any atom is -0.397 e. The zero-order valence-electron chi connectivity index (χ0n) is 11.1. The normalized spacial score (nSPS) is 11.9. The van der Waals surface area contributed by atoms with Crippen LogP contribution in [0.3, 0.4) is 0 Å². The van der Waals surface area contributed by atoms with Gasteiger partial charge in [-0.3, -0.25) is 9.78 Å². The maximum Gasteiger partial charge on any atom is 0.226 e. The fourth-order valence-corrected chi connectivity index (χ4v) is 1.90. The number of hydrogen-bond donors (Lipinski definition) is 2. The standard InChI is InChI=1S/C15H16FN3O/c1-10(13-4-2-3-5-14(13)16)19-15(20)8-12-7-6-11(17)9-18-12/h2-7,9-10H,8,17H2,1H3,(H,19,20)/t10-/m1/s1. The van der Waals surface area contributed by atoms with Crippen molar-refractivity contribution in [1.82, 2.24) is 10.3 Å². The van der Waals surface area contributed by atoms with Gasteiger partial charge < -0.3 is 11.1 Å². The molecule has 104 valence electrons. The van der Waals surface area contributed by atoms with Gasteiger partial charge in [0.2, 0.25) is 5.91 Å². The van der Waals surface area contributed by atoms with Gasteiger partial charge in [0.25, 0.3) is 0 Å². The van der Waals surface area contributed by atoms with Crippen molar-refractivity contribution in [3.8, 4) is 0 Å². The smallest absolute Gasteiger partial charge is 0.226 e. The average Bonchev–Trinajstić information content (AvgIpc) is 2.41. The summed E-state index contributed by atoms with van der Waals surface area (Å²) in [6.07, 6.45) is 1.64. The first kappa shape index (κ1) is 14.0. The zero-order valence-corrected chi connectivity index (χ0v) is 11.1. The zero-order chi connectivity index (χ0) is 14.5. The van der Waals surface area contributed by atoms with Gasteiger partial charge in [0.1, 0.15) is 5.82 Å². The van der Waals surface area contributed by atoms with Gasteiger partial charge in [0, 0.05) is 11.3 Å². The summed E-state index contributed by atoms with van der Waals surface area (Å²) in [6, 6.07) is 9.38. The minimum absolute atomic E-state index is 0.138. The maximum absolute atomic E-state index is 13.6. The van der Waals surface area contributed by atoms with Crippen molar-refractivity contribution in [2.24, 2.45) is 0 Å². The number of nitrogen functional groups attached to an aromatic ring is 1. The Morgan fingerprint density at radius 3 is 2.75 bits per heavy atom. The highest BCUT2D eigenvalue weighted by molar-refractivity contribution is 5.78. The number of hydrogen-bond acceptors (Lipinski definition) is 3. The van der Waals surface area contributed by atoms with E-state index in [1.807, 2.05) is 0 Å². The summed E-state index contributed by atoms with van der Waals surface area (Å²) in [5, 5.41) is 2.75. The van der Waals surface area contributed by atoms with Gasteiger partial charge in [-0.25, -0.2) is 4.39 Å². The summed E-state index contributed by atoms with van der Waals surface area (Å²) in [5.74, 6) is -0.538. The summed E-state index contributed by atoms with van der Waals surface area (Å²) in [7, 11) is 0. The highest BCUT2D eigenvalue weighted by atomic mass is 19.1. The van der Waals surface area contributed by atoms with Crippen LogP contribution in [0.5, 0.6) is 0 Å². The number of anilines is 1. The molecule has 0 saturated heterocycles. The summed E-state index contributed by atoms with van der Waals surface area (Å²) in [4.78, 5) is 15.9. The molecule has 20 heavy (non-hydrogen) atoms. The molecule has 0 aliphatic carbocycles. The molecule has 4 nitrogen and oxygen atoms in total. The van der Waals surface area contributed by atoms with E-state index in [1.54, 1.807) is 37.3 Å².